The third-order valence-corrected chi connectivity index (χ3v) is 2.49. The highest BCUT2D eigenvalue weighted by molar-refractivity contribution is 6.29. The molecule has 5 heteroatoms. The topological polar surface area (TPSA) is 45.4 Å². The second-order valence-corrected chi connectivity index (χ2v) is 4.55. The van der Waals surface area contributed by atoms with Gasteiger partial charge in [0.25, 0.3) is 0 Å². The average molecular weight is 243 g/mol. The predicted molar refractivity (Wildman–Crippen MR) is 70.1 cm³/mol. The molecule has 90 valence electrons. The maximum atomic E-state index is 5.85. The van der Waals surface area contributed by atoms with Crippen molar-refractivity contribution in [2.24, 2.45) is 0 Å². The smallest absolute Gasteiger partial charge is 0.133 e. The van der Waals surface area contributed by atoms with Crippen LogP contribution in [0.4, 0.5) is 11.5 Å². The maximum Gasteiger partial charge on any atom is 0.133 e. The molecular weight excluding hydrogens is 224 g/mol. The lowest BCUT2D eigenvalue weighted by molar-refractivity contribution is 0.401. The van der Waals surface area contributed by atoms with E-state index in [4.69, 9.17) is 17.3 Å². The first-order valence-electron chi connectivity index (χ1n) is 5.28. The molecule has 0 saturated carbocycles. The number of rotatable bonds is 5. The van der Waals surface area contributed by atoms with Gasteiger partial charge in [0.05, 0.1) is 0 Å². The first-order valence-corrected chi connectivity index (χ1v) is 5.66. The SMILES string of the molecule is CN(C)CCCN(C)c1cc(N)cc(Cl)n1. The molecular formula is C11H19ClN4. The van der Waals surface area contributed by atoms with Crippen molar-refractivity contribution in [3.8, 4) is 0 Å². The van der Waals surface area contributed by atoms with Gasteiger partial charge in [0.2, 0.25) is 0 Å². The fourth-order valence-electron chi connectivity index (χ4n) is 1.44. The van der Waals surface area contributed by atoms with Crippen LogP contribution in [0.3, 0.4) is 0 Å². The molecule has 1 aromatic heterocycles. The largest absolute Gasteiger partial charge is 0.399 e. The zero-order valence-electron chi connectivity index (χ0n) is 10.1. The molecule has 1 rings (SSSR count). The maximum absolute atomic E-state index is 5.85. The van der Waals surface area contributed by atoms with Crippen molar-refractivity contribution >= 4 is 23.1 Å². The monoisotopic (exact) mass is 242 g/mol. The zero-order valence-corrected chi connectivity index (χ0v) is 10.8. The lowest BCUT2D eigenvalue weighted by Gasteiger charge is -2.19. The molecule has 0 bridgehead atoms. The number of hydrogen-bond acceptors (Lipinski definition) is 4. The quantitative estimate of drug-likeness (QED) is 0.799. The minimum atomic E-state index is 0.439. The zero-order chi connectivity index (χ0) is 12.1. The molecule has 0 amide bonds. The van der Waals surface area contributed by atoms with E-state index in [2.05, 4.69) is 28.9 Å². The van der Waals surface area contributed by atoms with Gasteiger partial charge in [-0.2, -0.15) is 0 Å². The Balaban J connectivity index is 2.55. The minimum absolute atomic E-state index is 0.439. The summed E-state index contributed by atoms with van der Waals surface area (Å²) in [5.41, 5.74) is 6.36. The standard InChI is InChI=1S/C11H19ClN4/c1-15(2)5-4-6-16(3)11-8-9(13)7-10(12)14-11/h7-8H,4-6H2,1-3H3,(H2,13,14). The molecule has 1 aromatic rings. The van der Waals surface area contributed by atoms with Crippen molar-refractivity contribution < 1.29 is 0 Å². The van der Waals surface area contributed by atoms with Gasteiger partial charge in [-0.05, 0) is 33.1 Å². The first kappa shape index (κ1) is 13.1. The fourth-order valence-corrected chi connectivity index (χ4v) is 1.65. The highest BCUT2D eigenvalue weighted by Gasteiger charge is 2.04. The van der Waals surface area contributed by atoms with Gasteiger partial charge >= 0.3 is 0 Å². The Labute approximate surface area is 102 Å². The Kier molecular flexibility index (Phi) is 4.83. The summed E-state index contributed by atoms with van der Waals surface area (Å²) in [5.74, 6) is 0.823. The number of aromatic nitrogens is 1. The van der Waals surface area contributed by atoms with Crippen LogP contribution in [0.1, 0.15) is 6.42 Å². The Morgan fingerprint density at radius 3 is 2.50 bits per heavy atom. The number of anilines is 2. The van der Waals surface area contributed by atoms with Crippen molar-refractivity contribution in [3.05, 3.63) is 17.3 Å². The molecule has 0 unspecified atom stereocenters. The van der Waals surface area contributed by atoms with E-state index in [1.165, 1.54) is 0 Å². The molecule has 2 N–H and O–H groups in total. The number of nitrogens with two attached hydrogens (primary N) is 1. The fraction of sp³-hybridized carbons (Fsp3) is 0.545. The number of halogens is 1. The Morgan fingerprint density at radius 1 is 1.25 bits per heavy atom. The summed E-state index contributed by atoms with van der Waals surface area (Å²) in [5, 5.41) is 0.439. The van der Waals surface area contributed by atoms with Gasteiger partial charge < -0.3 is 15.5 Å². The van der Waals surface area contributed by atoms with Gasteiger partial charge in [0.15, 0.2) is 0 Å². The van der Waals surface area contributed by atoms with E-state index in [9.17, 15) is 0 Å². The summed E-state index contributed by atoms with van der Waals surface area (Å²) >= 11 is 5.85. The van der Waals surface area contributed by atoms with Gasteiger partial charge in [-0.15, -0.1) is 0 Å². The molecule has 0 atom stereocenters. The number of nitrogens with zero attached hydrogens (tertiary/aromatic N) is 3. The molecule has 4 nitrogen and oxygen atoms in total. The van der Waals surface area contributed by atoms with E-state index in [0.29, 0.717) is 10.8 Å². The highest BCUT2D eigenvalue weighted by atomic mass is 35.5. The molecule has 0 aromatic carbocycles. The lowest BCUT2D eigenvalue weighted by Crippen LogP contribution is -2.24. The van der Waals surface area contributed by atoms with E-state index in [-0.39, 0.29) is 0 Å². The molecule has 0 aliphatic carbocycles. The van der Waals surface area contributed by atoms with E-state index in [0.717, 1.165) is 25.3 Å². The summed E-state index contributed by atoms with van der Waals surface area (Å²) < 4.78 is 0. The van der Waals surface area contributed by atoms with E-state index in [1.807, 2.05) is 13.1 Å². The van der Waals surface area contributed by atoms with Crippen LogP contribution in [0, 0.1) is 0 Å². The second-order valence-electron chi connectivity index (χ2n) is 4.16. The van der Waals surface area contributed by atoms with Gasteiger partial charge in [0, 0.05) is 25.3 Å². The van der Waals surface area contributed by atoms with Crippen molar-refractivity contribution in [2.45, 2.75) is 6.42 Å². The molecule has 1 heterocycles. The van der Waals surface area contributed by atoms with Crippen LogP contribution in [0.5, 0.6) is 0 Å². The van der Waals surface area contributed by atoms with Gasteiger partial charge in [0.1, 0.15) is 11.0 Å². The predicted octanol–water partition coefficient (Wildman–Crippen LogP) is 1.71. The van der Waals surface area contributed by atoms with Gasteiger partial charge in [-0.3, -0.25) is 0 Å². The minimum Gasteiger partial charge on any atom is -0.399 e. The number of pyridine rings is 1. The van der Waals surface area contributed by atoms with E-state index in [1.54, 1.807) is 6.07 Å². The highest BCUT2D eigenvalue weighted by Crippen LogP contribution is 2.18. The normalized spacial score (nSPS) is 10.8. The van der Waals surface area contributed by atoms with Gasteiger partial charge in [-0.1, -0.05) is 11.6 Å². The van der Waals surface area contributed by atoms with Gasteiger partial charge in [-0.25, -0.2) is 4.98 Å². The molecule has 0 aliphatic heterocycles. The number of nitrogen functional groups attached to an aromatic ring is 1. The third kappa shape index (κ3) is 4.24. The van der Waals surface area contributed by atoms with Crippen LogP contribution in [0.15, 0.2) is 12.1 Å². The molecule has 0 aliphatic rings. The van der Waals surface area contributed by atoms with Crippen LogP contribution in [-0.2, 0) is 0 Å². The third-order valence-electron chi connectivity index (χ3n) is 2.29. The van der Waals surface area contributed by atoms with Crippen molar-refractivity contribution in [1.29, 1.82) is 0 Å². The van der Waals surface area contributed by atoms with Crippen molar-refractivity contribution in [2.75, 3.05) is 44.9 Å². The number of hydrogen-bond donors (Lipinski definition) is 1. The van der Waals surface area contributed by atoms with E-state index < -0.39 is 0 Å². The molecule has 16 heavy (non-hydrogen) atoms. The molecule has 0 fully saturated rings. The Morgan fingerprint density at radius 2 is 1.94 bits per heavy atom. The summed E-state index contributed by atoms with van der Waals surface area (Å²) in [6, 6.07) is 3.49. The van der Waals surface area contributed by atoms with Crippen LogP contribution >= 0.6 is 11.6 Å². The van der Waals surface area contributed by atoms with Crippen LogP contribution in [0.2, 0.25) is 5.15 Å². The second kappa shape index (κ2) is 5.92. The summed E-state index contributed by atoms with van der Waals surface area (Å²) in [7, 11) is 6.12. The van der Waals surface area contributed by atoms with Crippen LogP contribution in [-0.4, -0.2) is 44.1 Å². The van der Waals surface area contributed by atoms with Crippen LogP contribution in [0.25, 0.3) is 0 Å². The summed E-state index contributed by atoms with van der Waals surface area (Å²) in [6.07, 6.45) is 1.08. The Bertz CT molecular complexity index is 321. The van der Waals surface area contributed by atoms with Crippen LogP contribution < -0.4 is 10.6 Å². The van der Waals surface area contributed by atoms with Crippen molar-refractivity contribution in [1.82, 2.24) is 9.88 Å². The first-order chi connectivity index (χ1) is 7.49. The summed E-state index contributed by atoms with van der Waals surface area (Å²) in [4.78, 5) is 8.45. The van der Waals surface area contributed by atoms with E-state index >= 15 is 0 Å². The molecule has 0 saturated heterocycles. The lowest BCUT2D eigenvalue weighted by atomic mass is 10.3. The van der Waals surface area contributed by atoms with Crippen molar-refractivity contribution in [3.63, 3.8) is 0 Å². The molecule has 0 radical (unpaired) electrons. The molecule has 0 spiro atoms. The Hall–Kier alpha value is -1.00. The summed E-state index contributed by atoms with van der Waals surface area (Å²) in [6.45, 7) is 1.99. The average Bonchev–Trinajstić information content (AvgIpc) is 2.15.